The van der Waals surface area contributed by atoms with Crippen molar-refractivity contribution in [1.29, 1.82) is 0 Å². The number of fused-ring (bicyclic) bond motifs is 1. The molecule has 3 aliphatic carbocycles. The third-order valence-corrected chi connectivity index (χ3v) is 11.8. The summed E-state index contributed by atoms with van der Waals surface area (Å²) in [6, 6.07) is 1.89. The summed E-state index contributed by atoms with van der Waals surface area (Å²) in [6.45, 7) is 9.99. The summed E-state index contributed by atoms with van der Waals surface area (Å²) in [6.07, 6.45) is 7.90. The maximum Gasteiger partial charge on any atom is 0.333 e. The highest BCUT2D eigenvalue weighted by atomic mass is 16.7. The summed E-state index contributed by atoms with van der Waals surface area (Å²) in [5.74, 6) is -3.55. The number of ether oxygens (including phenoxy) is 5. The molecule has 1 aromatic rings. The summed E-state index contributed by atoms with van der Waals surface area (Å²) in [7, 11) is 1.56. The van der Waals surface area contributed by atoms with Crippen molar-refractivity contribution in [3.63, 3.8) is 0 Å². The summed E-state index contributed by atoms with van der Waals surface area (Å²) in [4.78, 5) is 26.6. The first-order chi connectivity index (χ1) is 19.0. The fourth-order valence-electron chi connectivity index (χ4n) is 9.69. The number of rotatable bonds is 6. The van der Waals surface area contributed by atoms with E-state index in [4.69, 9.17) is 28.1 Å². The van der Waals surface area contributed by atoms with Crippen molar-refractivity contribution < 1.29 is 42.8 Å². The van der Waals surface area contributed by atoms with Crippen molar-refractivity contribution in [2.45, 2.75) is 82.9 Å². The molecule has 6 aliphatic rings. The Labute approximate surface area is 233 Å². The van der Waals surface area contributed by atoms with Crippen LogP contribution in [-0.4, -0.2) is 67.1 Å². The largest absolute Gasteiger partial charge is 0.472 e. The average molecular weight is 555 g/mol. The second-order valence-corrected chi connectivity index (χ2v) is 13.3. The zero-order chi connectivity index (χ0) is 28.5. The number of allylic oxidation sites excluding steroid dienone is 1. The van der Waals surface area contributed by atoms with Crippen LogP contribution in [0.4, 0.5) is 0 Å². The molecule has 40 heavy (non-hydrogen) atoms. The SMILES string of the molecule is C/C=C(\C)C(=O)O[C@@H]1[C@@H]2OC[C@]3(C)C=C[C@]4(O)O[C@@H](OC)[C@H]([C@@H]1[C@@]15O[C@@H]1C[C@@H](c1ccoc1)[C@]5(C)C=O)[C@]4(C)[C@@H]23. The highest BCUT2D eigenvalue weighted by Gasteiger charge is 2.87. The topological polar surface area (TPSA) is 117 Å². The van der Waals surface area contributed by atoms with Crippen molar-refractivity contribution in [2.75, 3.05) is 13.7 Å². The molecule has 4 heterocycles. The van der Waals surface area contributed by atoms with Gasteiger partial charge in [-0.25, -0.2) is 4.79 Å². The second-order valence-electron chi connectivity index (χ2n) is 13.3. The van der Waals surface area contributed by atoms with Crippen LogP contribution in [0.3, 0.4) is 0 Å². The Bertz CT molecular complexity index is 1300. The van der Waals surface area contributed by atoms with Crippen LogP contribution in [0, 0.1) is 34.0 Å². The van der Waals surface area contributed by atoms with Gasteiger partial charge < -0.3 is 38.0 Å². The molecule has 3 saturated heterocycles. The van der Waals surface area contributed by atoms with Gasteiger partial charge in [0.15, 0.2) is 12.1 Å². The first-order valence-electron chi connectivity index (χ1n) is 14.2. The molecule has 9 nitrogen and oxygen atoms in total. The van der Waals surface area contributed by atoms with Gasteiger partial charge in [0.25, 0.3) is 0 Å². The number of epoxide rings is 1. The molecule has 7 rings (SSSR count). The molecule has 0 bridgehead atoms. The summed E-state index contributed by atoms with van der Waals surface area (Å²) >= 11 is 0. The van der Waals surface area contributed by atoms with Gasteiger partial charge in [0.2, 0.25) is 0 Å². The van der Waals surface area contributed by atoms with E-state index in [2.05, 4.69) is 6.92 Å². The van der Waals surface area contributed by atoms with Gasteiger partial charge in [0.05, 0.1) is 36.8 Å². The Balaban J connectivity index is 1.45. The minimum absolute atomic E-state index is 0.162. The fourth-order valence-corrected chi connectivity index (χ4v) is 9.69. The van der Waals surface area contributed by atoms with Gasteiger partial charge in [0, 0.05) is 47.2 Å². The Morgan fingerprint density at radius 2 is 1.95 bits per heavy atom. The van der Waals surface area contributed by atoms with Gasteiger partial charge in [-0.2, -0.15) is 0 Å². The van der Waals surface area contributed by atoms with E-state index in [-0.39, 0.29) is 17.9 Å². The molecule has 0 amide bonds. The lowest BCUT2D eigenvalue weighted by molar-refractivity contribution is -0.262. The highest BCUT2D eigenvalue weighted by Crippen LogP contribution is 2.77. The lowest BCUT2D eigenvalue weighted by Gasteiger charge is -2.60. The molecule has 0 radical (unpaired) electrons. The van der Waals surface area contributed by atoms with Crippen molar-refractivity contribution in [3.05, 3.63) is 48.0 Å². The Morgan fingerprint density at radius 1 is 1.18 bits per heavy atom. The van der Waals surface area contributed by atoms with Gasteiger partial charge in [-0.3, -0.25) is 0 Å². The molecule has 1 aromatic heterocycles. The van der Waals surface area contributed by atoms with Crippen LogP contribution in [0.1, 0.15) is 52.5 Å². The van der Waals surface area contributed by atoms with Crippen molar-refractivity contribution in [1.82, 2.24) is 0 Å². The second kappa shape index (κ2) is 8.16. The molecule has 5 fully saturated rings. The van der Waals surface area contributed by atoms with E-state index in [1.54, 1.807) is 45.6 Å². The van der Waals surface area contributed by atoms with Gasteiger partial charge in [-0.05, 0) is 44.9 Å². The van der Waals surface area contributed by atoms with Crippen LogP contribution >= 0.6 is 0 Å². The molecule has 2 saturated carbocycles. The minimum atomic E-state index is -1.64. The van der Waals surface area contributed by atoms with Crippen LogP contribution in [0.15, 0.2) is 46.8 Å². The number of methoxy groups -OCH3 is 1. The van der Waals surface area contributed by atoms with E-state index in [1.165, 1.54) is 0 Å². The molecule has 13 atom stereocenters. The Hall–Kier alpha value is -2.30. The predicted molar refractivity (Wildman–Crippen MR) is 140 cm³/mol. The zero-order valence-corrected chi connectivity index (χ0v) is 23.8. The smallest absolute Gasteiger partial charge is 0.333 e. The summed E-state index contributed by atoms with van der Waals surface area (Å²) in [5.41, 5.74) is -1.89. The van der Waals surface area contributed by atoms with Crippen molar-refractivity contribution >= 4 is 12.3 Å². The molecule has 0 unspecified atom stereocenters. The highest BCUT2D eigenvalue weighted by molar-refractivity contribution is 5.87. The third kappa shape index (κ3) is 2.86. The average Bonchev–Trinajstić information content (AvgIpc) is 3.27. The lowest BCUT2D eigenvalue weighted by Crippen LogP contribution is -2.70. The lowest BCUT2D eigenvalue weighted by atomic mass is 9.43. The summed E-state index contributed by atoms with van der Waals surface area (Å²) in [5, 5.41) is 12.1. The van der Waals surface area contributed by atoms with Crippen LogP contribution in [0.2, 0.25) is 0 Å². The number of aliphatic hydroxyl groups is 1. The number of aldehydes is 1. The molecule has 1 N–H and O–H groups in total. The summed E-state index contributed by atoms with van der Waals surface area (Å²) < 4.78 is 37.3. The fraction of sp³-hybridized carbons (Fsp3) is 0.677. The maximum absolute atomic E-state index is 13.4. The standard InChI is InChI=1S/C31H38O9/c1-7-16(2)25(33)38-22-20(31-19(39-31)12-18(28(31,4)14-32)17-8-11-36-13-17)21-26(35-6)40-30(34)10-9-27(3)15-37-23(22)24(27)29(21,30)5/h7-11,13-14,18-24,26,34H,12,15H2,1-6H3/b16-7+/t18-,19+,20-,21-,22-,23-,24-,26+,27-,28-,29+,30-,31-/m0/s1. The molecule has 3 aliphatic heterocycles. The quantitative estimate of drug-likeness (QED) is 0.185. The van der Waals surface area contributed by atoms with Gasteiger partial charge >= 0.3 is 5.97 Å². The van der Waals surface area contributed by atoms with Crippen molar-refractivity contribution in [2.24, 2.45) is 34.0 Å². The monoisotopic (exact) mass is 554 g/mol. The zero-order valence-electron chi connectivity index (χ0n) is 23.8. The number of carbonyl (C=O) groups excluding carboxylic acids is 2. The first-order valence-corrected chi connectivity index (χ1v) is 14.2. The molecule has 0 spiro atoms. The van der Waals surface area contributed by atoms with Crippen molar-refractivity contribution in [3.8, 4) is 0 Å². The Morgan fingerprint density at radius 3 is 2.60 bits per heavy atom. The molecular formula is C31H38O9. The Kier molecular flexibility index (Phi) is 5.43. The van der Waals surface area contributed by atoms with Crippen LogP contribution in [0.5, 0.6) is 0 Å². The van der Waals surface area contributed by atoms with E-state index >= 15 is 0 Å². The van der Waals surface area contributed by atoms with E-state index in [1.807, 2.05) is 26.0 Å². The molecule has 0 aromatic carbocycles. The normalized spacial score (nSPS) is 53.7. The van der Waals surface area contributed by atoms with Crippen LogP contribution in [0.25, 0.3) is 0 Å². The third-order valence-electron chi connectivity index (χ3n) is 11.8. The number of esters is 1. The van der Waals surface area contributed by atoms with Gasteiger partial charge in [-0.1, -0.05) is 26.0 Å². The molecular weight excluding hydrogens is 516 g/mol. The minimum Gasteiger partial charge on any atom is -0.472 e. The number of hydrogen-bond donors (Lipinski definition) is 1. The number of furan rings is 1. The van der Waals surface area contributed by atoms with E-state index in [9.17, 15) is 14.7 Å². The van der Waals surface area contributed by atoms with Gasteiger partial charge in [0.1, 0.15) is 18.0 Å². The maximum atomic E-state index is 13.4. The molecule has 216 valence electrons. The first kappa shape index (κ1) is 26.6. The van der Waals surface area contributed by atoms with Crippen LogP contribution < -0.4 is 0 Å². The van der Waals surface area contributed by atoms with E-state index in [0.29, 0.717) is 18.6 Å². The number of hydrogen-bond acceptors (Lipinski definition) is 9. The predicted octanol–water partition coefficient (Wildman–Crippen LogP) is 3.52. The van der Waals surface area contributed by atoms with Crippen LogP contribution in [-0.2, 0) is 33.3 Å². The van der Waals surface area contributed by atoms with Gasteiger partial charge in [-0.15, -0.1) is 0 Å². The molecule has 9 heteroatoms. The van der Waals surface area contributed by atoms with E-state index in [0.717, 1.165) is 11.8 Å². The van der Waals surface area contributed by atoms with E-state index < -0.39 is 63.9 Å². The number of carbonyl (C=O) groups is 2.